The van der Waals surface area contributed by atoms with E-state index in [1.807, 2.05) is 13.0 Å². The molecule has 6 aliphatic rings. The Bertz CT molecular complexity index is 975. The van der Waals surface area contributed by atoms with Gasteiger partial charge in [0.15, 0.2) is 11.5 Å². The second-order valence-corrected chi connectivity index (χ2v) is 9.49. The third-order valence-corrected chi connectivity index (χ3v) is 8.85. The highest BCUT2D eigenvalue weighted by atomic mass is 16.6. The first-order valence-electron chi connectivity index (χ1n) is 11.0. The molecule has 1 aromatic rings. The van der Waals surface area contributed by atoms with E-state index < -0.39 is 5.60 Å². The third-order valence-electron chi connectivity index (χ3n) is 8.85. The molecule has 0 aromatic heterocycles. The summed E-state index contributed by atoms with van der Waals surface area (Å²) in [6.45, 7) is 3.22. The number of hydrogen-bond donors (Lipinski definition) is 0. The second kappa shape index (κ2) is 5.80. The highest BCUT2D eigenvalue weighted by molar-refractivity contribution is 5.78. The predicted molar refractivity (Wildman–Crippen MR) is 110 cm³/mol. The third kappa shape index (κ3) is 1.75. The van der Waals surface area contributed by atoms with E-state index >= 15 is 0 Å². The van der Waals surface area contributed by atoms with Crippen LogP contribution in [0.3, 0.4) is 0 Å². The van der Waals surface area contributed by atoms with Gasteiger partial charge in [0, 0.05) is 24.1 Å². The summed E-state index contributed by atoms with van der Waals surface area (Å²) in [7, 11) is 5.61. The zero-order valence-corrected chi connectivity index (χ0v) is 18.1. The Labute approximate surface area is 177 Å². The molecule has 0 amide bonds. The Kier molecular flexibility index (Phi) is 3.61. The standard InChI is InChI=1S/C24H29NO5/c1-5-29-20(26)15-13-22-8-9-24(15,28-4)21-23(22)10-11-25(2)17(22)12-14-6-7-16(27-3)19(30-21)18(14)23/h6-9,15,17,21H,5,10-13H2,1-4H3/t15?,17?,21?,22?,23-,24?/m0/s1. The van der Waals surface area contributed by atoms with Crippen LogP contribution in [0.4, 0.5) is 0 Å². The average Bonchev–Trinajstić information content (AvgIpc) is 3.13. The quantitative estimate of drug-likeness (QED) is 0.561. The summed E-state index contributed by atoms with van der Waals surface area (Å²) in [4.78, 5) is 15.7. The van der Waals surface area contributed by atoms with Gasteiger partial charge in [-0.3, -0.25) is 4.79 Å². The summed E-state index contributed by atoms with van der Waals surface area (Å²) in [5.41, 5.74) is 1.40. The molecule has 0 radical (unpaired) electrons. The van der Waals surface area contributed by atoms with Crippen molar-refractivity contribution in [1.82, 2.24) is 4.90 Å². The number of ether oxygens (including phenoxy) is 4. The maximum atomic E-state index is 13.2. The van der Waals surface area contributed by atoms with Gasteiger partial charge in [-0.15, -0.1) is 0 Å². The van der Waals surface area contributed by atoms with Crippen LogP contribution >= 0.6 is 0 Å². The largest absolute Gasteiger partial charge is 0.493 e. The molecule has 2 spiro atoms. The van der Waals surface area contributed by atoms with Crippen molar-refractivity contribution in [2.75, 3.05) is 34.4 Å². The van der Waals surface area contributed by atoms with Gasteiger partial charge in [0.1, 0.15) is 11.7 Å². The molecule has 160 valence electrons. The molecule has 1 aromatic carbocycles. The lowest BCUT2D eigenvalue weighted by molar-refractivity contribution is -0.221. The number of likely N-dealkylation sites (N-methyl/N-ethyl adjacent to an activating group) is 1. The molecule has 2 heterocycles. The van der Waals surface area contributed by atoms with Crippen LogP contribution in [-0.2, 0) is 26.1 Å². The van der Waals surface area contributed by atoms with Crippen LogP contribution in [0.15, 0.2) is 24.3 Å². The van der Waals surface area contributed by atoms with Crippen molar-refractivity contribution in [3.8, 4) is 11.5 Å². The van der Waals surface area contributed by atoms with Crippen molar-refractivity contribution in [2.45, 2.75) is 49.3 Å². The van der Waals surface area contributed by atoms with Crippen molar-refractivity contribution in [3.05, 3.63) is 35.4 Å². The Morgan fingerprint density at radius 2 is 2.13 bits per heavy atom. The first kappa shape index (κ1) is 18.7. The molecule has 6 nitrogen and oxygen atoms in total. The van der Waals surface area contributed by atoms with E-state index in [4.69, 9.17) is 18.9 Å². The molecular formula is C24H29NO5. The van der Waals surface area contributed by atoms with Crippen molar-refractivity contribution in [1.29, 1.82) is 0 Å². The maximum Gasteiger partial charge on any atom is 0.312 e. The number of esters is 1. The Hall–Kier alpha value is -2.05. The second-order valence-electron chi connectivity index (χ2n) is 9.49. The van der Waals surface area contributed by atoms with Crippen molar-refractivity contribution in [3.63, 3.8) is 0 Å². The number of methoxy groups -OCH3 is 2. The van der Waals surface area contributed by atoms with E-state index in [0.717, 1.165) is 37.3 Å². The van der Waals surface area contributed by atoms with Gasteiger partial charge in [-0.05, 0) is 51.4 Å². The van der Waals surface area contributed by atoms with Crippen LogP contribution in [0.25, 0.3) is 0 Å². The highest BCUT2D eigenvalue weighted by Crippen LogP contribution is 2.74. The van der Waals surface area contributed by atoms with Gasteiger partial charge >= 0.3 is 5.97 Å². The highest BCUT2D eigenvalue weighted by Gasteiger charge is 2.80. The minimum absolute atomic E-state index is 0.184. The number of rotatable bonds is 4. The van der Waals surface area contributed by atoms with Gasteiger partial charge in [-0.2, -0.15) is 0 Å². The number of piperidine rings is 1. The zero-order chi connectivity index (χ0) is 20.9. The molecule has 4 bridgehead atoms. The van der Waals surface area contributed by atoms with E-state index in [0.29, 0.717) is 12.6 Å². The fourth-order valence-electron chi connectivity index (χ4n) is 7.72. The number of carbonyl (C=O) groups excluding carboxylic acids is 1. The van der Waals surface area contributed by atoms with Gasteiger partial charge in [-0.1, -0.05) is 18.2 Å². The Morgan fingerprint density at radius 1 is 1.30 bits per heavy atom. The summed E-state index contributed by atoms with van der Waals surface area (Å²) in [6, 6.07) is 4.54. The number of likely N-dealkylation sites (tertiary alicyclic amines) is 1. The van der Waals surface area contributed by atoms with E-state index in [9.17, 15) is 4.79 Å². The van der Waals surface area contributed by atoms with Gasteiger partial charge < -0.3 is 23.8 Å². The van der Waals surface area contributed by atoms with Crippen molar-refractivity contribution >= 4 is 5.97 Å². The Morgan fingerprint density at radius 3 is 2.87 bits per heavy atom. The van der Waals surface area contributed by atoms with Crippen LogP contribution in [0.1, 0.15) is 30.9 Å². The summed E-state index contributed by atoms with van der Waals surface area (Å²) >= 11 is 0. The van der Waals surface area contributed by atoms with Gasteiger partial charge in [0.2, 0.25) is 0 Å². The van der Waals surface area contributed by atoms with E-state index in [2.05, 4.69) is 30.2 Å². The lowest BCUT2D eigenvalue weighted by Crippen LogP contribution is -2.79. The predicted octanol–water partition coefficient (Wildman–Crippen LogP) is 2.48. The minimum atomic E-state index is -0.840. The van der Waals surface area contributed by atoms with Crippen LogP contribution in [0.2, 0.25) is 0 Å². The molecule has 0 N–H and O–H groups in total. The summed E-state index contributed by atoms with van der Waals surface area (Å²) in [6.07, 6.45) is 6.86. The number of benzene rings is 1. The summed E-state index contributed by atoms with van der Waals surface area (Å²) in [5, 5.41) is 0. The van der Waals surface area contributed by atoms with E-state index in [-0.39, 0.29) is 28.8 Å². The molecule has 1 saturated heterocycles. The molecule has 6 atom stereocenters. The van der Waals surface area contributed by atoms with E-state index in [1.165, 1.54) is 11.1 Å². The van der Waals surface area contributed by atoms with Crippen LogP contribution in [0, 0.1) is 11.3 Å². The number of hydrogen-bond acceptors (Lipinski definition) is 6. The summed E-state index contributed by atoms with van der Waals surface area (Å²) < 4.78 is 24.3. The van der Waals surface area contributed by atoms with Crippen molar-refractivity contribution < 1.29 is 23.7 Å². The number of fused-ring (bicyclic) bond motifs is 1. The van der Waals surface area contributed by atoms with Gasteiger partial charge in [0.25, 0.3) is 0 Å². The number of nitrogens with zero attached hydrogens (tertiary/aromatic N) is 1. The molecule has 1 saturated carbocycles. The lowest BCUT2D eigenvalue weighted by atomic mass is 9.37. The fraction of sp³-hybridized carbons (Fsp3) is 0.625. The van der Waals surface area contributed by atoms with Crippen LogP contribution < -0.4 is 9.47 Å². The first-order chi connectivity index (χ1) is 14.5. The molecular weight excluding hydrogens is 382 g/mol. The Balaban J connectivity index is 1.65. The minimum Gasteiger partial charge on any atom is -0.493 e. The van der Waals surface area contributed by atoms with E-state index in [1.54, 1.807) is 14.2 Å². The molecule has 6 heteroatoms. The first-order valence-corrected chi connectivity index (χ1v) is 11.0. The van der Waals surface area contributed by atoms with Gasteiger partial charge in [-0.25, -0.2) is 0 Å². The number of carbonyl (C=O) groups is 1. The molecule has 2 aliphatic heterocycles. The fourth-order valence-corrected chi connectivity index (χ4v) is 7.72. The SMILES string of the molecule is CCOC(=O)C1CC23C=CC1(OC)C1Oc4c(OC)ccc5c4[C@@]12CCN(C)C3C5. The van der Waals surface area contributed by atoms with Crippen LogP contribution in [0.5, 0.6) is 11.5 Å². The normalized spacial score (nSPS) is 41.9. The summed E-state index contributed by atoms with van der Waals surface area (Å²) in [5.74, 6) is 1.04. The smallest absolute Gasteiger partial charge is 0.312 e. The monoisotopic (exact) mass is 411 g/mol. The molecule has 5 unspecified atom stereocenters. The topological polar surface area (TPSA) is 57.2 Å². The lowest BCUT2D eigenvalue weighted by Gasteiger charge is -2.70. The average molecular weight is 411 g/mol. The zero-order valence-electron chi connectivity index (χ0n) is 18.1. The molecule has 4 aliphatic carbocycles. The van der Waals surface area contributed by atoms with Crippen LogP contribution in [-0.4, -0.2) is 63.0 Å². The molecule has 2 fully saturated rings. The molecule has 7 rings (SSSR count). The van der Waals surface area contributed by atoms with Crippen molar-refractivity contribution in [2.24, 2.45) is 11.3 Å². The maximum absolute atomic E-state index is 13.2. The van der Waals surface area contributed by atoms with Gasteiger partial charge in [0.05, 0.1) is 25.0 Å². The molecule has 30 heavy (non-hydrogen) atoms.